The number of rotatable bonds is 5. The average Bonchev–Trinajstić information content (AvgIpc) is 2.83. The molecule has 1 aliphatic rings. The Morgan fingerprint density at radius 1 is 0.969 bits per heavy atom. The van der Waals surface area contributed by atoms with Crippen LogP contribution < -0.4 is 14.2 Å². The van der Waals surface area contributed by atoms with Crippen LogP contribution in [0.15, 0.2) is 48.5 Å². The molecule has 0 saturated carbocycles. The molecule has 0 amide bonds. The summed E-state index contributed by atoms with van der Waals surface area (Å²) in [6.07, 6.45) is 0.997. The van der Waals surface area contributed by atoms with Gasteiger partial charge in [0.25, 0.3) is 0 Å². The molecule has 0 N–H and O–H groups in total. The SMILES string of the molecule is CCOc1c(OC)cc(-c2nc3ccc4ccccc4c3c3c2CN(C)CC3)cc1OC. The van der Waals surface area contributed by atoms with Gasteiger partial charge in [-0.25, -0.2) is 4.98 Å². The highest BCUT2D eigenvalue weighted by atomic mass is 16.5. The molecule has 5 rings (SSSR count). The molecule has 0 saturated heterocycles. The van der Waals surface area contributed by atoms with Crippen LogP contribution >= 0.6 is 0 Å². The van der Waals surface area contributed by atoms with Crippen LogP contribution in [0.25, 0.3) is 32.9 Å². The lowest BCUT2D eigenvalue weighted by Crippen LogP contribution is -2.27. The van der Waals surface area contributed by atoms with Crippen LogP contribution in [-0.4, -0.2) is 44.3 Å². The van der Waals surface area contributed by atoms with Crippen LogP contribution in [0, 0.1) is 0 Å². The molecular weight excluding hydrogens is 400 g/mol. The van der Waals surface area contributed by atoms with E-state index in [9.17, 15) is 0 Å². The van der Waals surface area contributed by atoms with Crippen LogP contribution in [0.5, 0.6) is 17.2 Å². The first-order valence-electron chi connectivity index (χ1n) is 11.1. The van der Waals surface area contributed by atoms with Crippen molar-refractivity contribution < 1.29 is 14.2 Å². The third-order valence-electron chi connectivity index (χ3n) is 6.29. The number of methoxy groups -OCH3 is 2. The number of fused-ring (bicyclic) bond motifs is 5. The lowest BCUT2D eigenvalue weighted by atomic mass is 9.89. The number of benzene rings is 3. The number of likely N-dealkylation sites (N-methyl/N-ethyl adjacent to an activating group) is 1. The van der Waals surface area contributed by atoms with Crippen LogP contribution in [0.1, 0.15) is 18.1 Å². The Labute approximate surface area is 188 Å². The van der Waals surface area contributed by atoms with E-state index >= 15 is 0 Å². The minimum Gasteiger partial charge on any atom is -0.493 e. The summed E-state index contributed by atoms with van der Waals surface area (Å²) < 4.78 is 17.1. The Bertz CT molecular complexity index is 1290. The van der Waals surface area contributed by atoms with Gasteiger partial charge in [0.2, 0.25) is 5.75 Å². The molecule has 1 aromatic heterocycles. The third kappa shape index (κ3) is 3.33. The molecular formula is C27H28N2O3. The molecule has 1 aliphatic heterocycles. The number of nitrogens with zero attached hydrogens (tertiary/aromatic N) is 2. The van der Waals surface area contributed by atoms with Gasteiger partial charge in [-0.1, -0.05) is 30.3 Å². The Hall–Kier alpha value is -3.31. The van der Waals surface area contributed by atoms with Gasteiger partial charge < -0.3 is 19.1 Å². The standard InChI is InChI=1S/C27H28N2O3/c1-5-32-27-23(30-3)14-18(15-24(27)31-4)26-21-16-29(2)13-12-20(21)25-19-9-7-6-8-17(19)10-11-22(25)28-26/h6-11,14-15H,5,12-13,16H2,1-4H3. The van der Waals surface area contributed by atoms with Crippen molar-refractivity contribution in [3.05, 3.63) is 59.7 Å². The van der Waals surface area contributed by atoms with Crippen molar-refractivity contribution in [1.29, 1.82) is 0 Å². The minimum absolute atomic E-state index is 0.535. The fourth-order valence-electron chi connectivity index (χ4n) is 4.79. The van der Waals surface area contributed by atoms with E-state index in [0.29, 0.717) is 23.9 Å². The molecule has 4 aromatic rings. The molecule has 0 radical (unpaired) electrons. The van der Waals surface area contributed by atoms with E-state index in [1.807, 2.05) is 19.1 Å². The molecule has 2 heterocycles. The first-order valence-corrected chi connectivity index (χ1v) is 11.1. The number of hydrogen-bond acceptors (Lipinski definition) is 5. The fourth-order valence-corrected chi connectivity index (χ4v) is 4.79. The highest BCUT2D eigenvalue weighted by Gasteiger charge is 2.24. The Balaban J connectivity index is 1.82. The molecule has 0 spiro atoms. The molecule has 0 bridgehead atoms. The van der Waals surface area contributed by atoms with Crippen molar-refractivity contribution in [3.8, 4) is 28.5 Å². The molecule has 3 aromatic carbocycles. The van der Waals surface area contributed by atoms with Gasteiger partial charge in [-0.15, -0.1) is 0 Å². The van der Waals surface area contributed by atoms with E-state index in [-0.39, 0.29) is 0 Å². The van der Waals surface area contributed by atoms with Crippen molar-refractivity contribution in [2.75, 3.05) is 34.4 Å². The lowest BCUT2D eigenvalue weighted by molar-refractivity contribution is 0.288. The molecule has 0 unspecified atom stereocenters. The van der Waals surface area contributed by atoms with Gasteiger partial charge in [0.15, 0.2) is 11.5 Å². The lowest BCUT2D eigenvalue weighted by Gasteiger charge is -2.28. The van der Waals surface area contributed by atoms with Crippen LogP contribution in [-0.2, 0) is 13.0 Å². The quantitative estimate of drug-likeness (QED) is 0.395. The van der Waals surface area contributed by atoms with Crippen molar-refractivity contribution in [3.63, 3.8) is 0 Å². The van der Waals surface area contributed by atoms with Gasteiger partial charge in [-0.3, -0.25) is 0 Å². The molecule has 5 nitrogen and oxygen atoms in total. The van der Waals surface area contributed by atoms with Gasteiger partial charge >= 0.3 is 0 Å². The molecule has 164 valence electrons. The van der Waals surface area contributed by atoms with Crippen LogP contribution in [0.3, 0.4) is 0 Å². The number of aromatic nitrogens is 1. The summed E-state index contributed by atoms with van der Waals surface area (Å²) in [7, 11) is 5.48. The zero-order valence-corrected chi connectivity index (χ0v) is 19.1. The molecule has 0 fully saturated rings. The first kappa shape index (κ1) is 20.6. The van der Waals surface area contributed by atoms with Gasteiger partial charge in [0.1, 0.15) is 0 Å². The highest BCUT2D eigenvalue weighted by Crippen LogP contribution is 2.44. The van der Waals surface area contributed by atoms with Crippen molar-refractivity contribution in [2.24, 2.45) is 0 Å². The summed E-state index contributed by atoms with van der Waals surface area (Å²) in [5, 5.41) is 3.80. The fraction of sp³-hybridized carbons (Fsp3) is 0.296. The van der Waals surface area contributed by atoms with E-state index in [1.54, 1.807) is 14.2 Å². The Kier molecular flexibility index (Phi) is 5.35. The zero-order valence-electron chi connectivity index (χ0n) is 19.1. The number of ether oxygens (including phenoxy) is 3. The normalized spacial score (nSPS) is 13.9. The molecule has 0 atom stereocenters. The predicted molar refractivity (Wildman–Crippen MR) is 129 cm³/mol. The van der Waals surface area contributed by atoms with Crippen molar-refractivity contribution in [2.45, 2.75) is 19.9 Å². The first-order chi connectivity index (χ1) is 15.6. The van der Waals surface area contributed by atoms with E-state index in [0.717, 1.165) is 36.3 Å². The summed E-state index contributed by atoms with van der Waals surface area (Å²) in [5.74, 6) is 1.93. The second-order valence-electron chi connectivity index (χ2n) is 8.23. The molecule has 32 heavy (non-hydrogen) atoms. The van der Waals surface area contributed by atoms with Crippen LogP contribution in [0.2, 0.25) is 0 Å². The van der Waals surface area contributed by atoms with Crippen LogP contribution in [0.4, 0.5) is 0 Å². The van der Waals surface area contributed by atoms with Crippen molar-refractivity contribution in [1.82, 2.24) is 9.88 Å². The smallest absolute Gasteiger partial charge is 0.203 e. The predicted octanol–water partition coefficient (Wildman–Crippen LogP) is 5.46. The van der Waals surface area contributed by atoms with E-state index in [1.165, 1.54) is 27.3 Å². The highest BCUT2D eigenvalue weighted by molar-refractivity contribution is 6.09. The van der Waals surface area contributed by atoms with Gasteiger partial charge in [0.05, 0.1) is 32.0 Å². The Morgan fingerprint density at radius 3 is 2.44 bits per heavy atom. The van der Waals surface area contributed by atoms with Gasteiger partial charge in [-0.2, -0.15) is 0 Å². The topological polar surface area (TPSA) is 43.8 Å². The maximum Gasteiger partial charge on any atom is 0.203 e. The van der Waals surface area contributed by atoms with E-state index in [4.69, 9.17) is 19.2 Å². The maximum absolute atomic E-state index is 5.81. The summed E-state index contributed by atoms with van der Waals surface area (Å²) >= 11 is 0. The summed E-state index contributed by atoms with van der Waals surface area (Å²) in [5.41, 5.74) is 5.65. The molecule has 5 heteroatoms. The van der Waals surface area contributed by atoms with E-state index < -0.39 is 0 Å². The Morgan fingerprint density at radius 2 is 1.72 bits per heavy atom. The minimum atomic E-state index is 0.535. The zero-order chi connectivity index (χ0) is 22.2. The van der Waals surface area contributed by atoms with Crippen molar-refractivity contribution >= 4 is 21.7 Å². The summed E-state index contributed by atoms with van der Waals surface area (Å²) in [6.45, 7) is 4.38. The average molecular weight is 429 g/mol. The summed E-state index contributed by atoms with van der Waals surface area (Å²) in [4.78, 5) is 7.55. The van der Waals surface area contributed by atoms with Gasteiger partial charge in [-0.05, 0) is 60.5 Å². The number of pyridine rings is 1. The summed E-state index contributed by atoms with van der Waals surface area (Å²) in [6, 6.07) is 16.9. The third-order valence-corrected chi connectivity index (χ3v) is 6.29. The number of hydrogen-bond donors (Lipinski definition) is 0. The largest absolute Gasteiger partial charge is 0.493 e. The second kappa shape index (κ2) is 8.32. The maximum atomic E-state index is 5.81. The monoisotopic (exact) mass is 428 g/mol. The van der Waals surface area contributed by atoms with Gasteiger partial charge in [0, 0.05) is 24.0 Å². The van der Waals surface area contributed by atoms with E-state index in [2.05, 4.69) is 48.3 Å². The molecule has 0 aliphatic carbocycles. The second-order valence-corrected chi connectivity index (χ2v) is 8.23.